The van der Waals surface area contributed by atoms with Crippen LogP contribution in [0.2, 0.25) is 0 Å². The number of hydrogen-bond acceptors (Lipinski definition) is 4. The molecule has 0 aliphatic heterocycles. The van der Waals surface area contributed by atoms with Crippen molar-refractivity contribution in [2.75, 3.05) is 0 Å². The number of para-hydroxylation sites is 1. The summed E-state index contributed by atoms with van der Waals surface area (Å²) in [5.41, 5.74) is 0.838. The van der Waals surface area contributed by atoms with Gasteiger partial charge in [0, 0.05) is 12.6 Å². The van der Waals surface area contributed by atoms with Gasteiger partial charge in [-0.05, 0) is 12.1 Å². The number of ether oxygens (including phenoxy) is 1. The van der Waals surface area contributed by atoms with Crippen LogP contribution in [0.25, 0.3) is 0 Å². The van der Waals surface area contributed by atoms with Gasteiger partial charge in [-0.1, -0.05) is 32.0 Å². The van der Waals surface area contributed by atoms with Gasteiger partial charge in [0.05, 0.1) is 5.69 Å². The van der Waals surface area contributed by atoms with Crippen LogP contribution in [0.15, 0.2) is 41.0 Å². The van der Waals surface area contributed by atoms with Gasteiger partial charge in [0.25, 0.3) is 0 Å². The molecule has 1 aromatic carbocycles. The number of nitrogens with one attached hydrogen (secondary N) is 1. The lowest BCUT2D eigenvalue weighted by Gasteiger charge is -2.04. The summed E-state index contributed by atoms with van der Waals surface area (Å²) >= 11 is 0. The van der Waals surface area contributed by atoms with Crippen molar-refractivity contribution in [3.8, 4) is 11.8 Å². The van der Waals surface area contributed by atoms with Crippen LogP contribution in [-0.2, 0) is 6.54 Å². The minimum atomic E-state index is 0.275. The molecule has 4 heteroatoms. The topological polar surface area (TPSA) is 47.3 Å². The van der Waals surface area contributed by atoms with E-state index in [1.807, 2.05) is 30.3 Å². The molecule has 1 N–H and O–H groups in total. The predicted molar refractivity (Wildman–Crippen MR) is 65.0 cm³/mol. The van der Waals surface area contributed by atoms with Crippen LogP contribution in [0.1, 0.15) is 19.5 Å². The summed E-state index contributed by atoms with van der Waals surface area (Å²) in [6.07, 6.45) is 1.88. The summed E-state index contributed by atoms with van der Waals surface area (Å²) < 4.78 is 10.7. The Kier molecular flexibility index (Phi) is 3.77. The molecule has 1 aromatic heterocycles. The molecule has 0 radical (unpaired) electrons. The molecule has 2 aromatic rings. The van der Waals surface area contributed by atoms with Crippen LogP contribution < -0.4 is 10.1 Å². The van der Waals surface area contributed by atoms with Gasteiger partial charge in [-0.2, -0.15) is 4.98 Å². The molecule has 0 aliphatic rings. The number of hydrogen-bond donors (Lipinski definition) is 1. The first-order valence-electron chi connectivity index (χ1n) is 5.65. The van der Waals surface area contributed by atoms with Gasteiger partial charge in [0.2, 0.25) is 0 Å². The number of oxazole rings is 1. The van der Waals surface area contributed by atoms with Crippen LogP contribution in [0, 0.1) is 0 Å². The summed E-state index contributed by atoms with van der Waals surface area (Å²) in [6.45, 7) is 4.85. The summed E-state index contributed by atoms with van der Waals surface area (Å²) in [5, 5.41) is 3.26. The molecule has 4 nitrogen and oxygen atoms in total. The smallest absolute Gasteiger partial charge is 0.399 e. The fourth-order valence-corrected chi connectivity index (χ4v) is 1.31. The molecule has 1 heterocycles. The Morgan fingerprint density at radius 3 is 2.76 bits per heavy atom. The Labute approximate surface area is 101 Å². The van der Waals surface area contributed by atoms with E-state index in [-0.39, 0.29) is 6.08 Å². The van der Waals surface area contributed by atoms with Crippen LogP contribution in [0.5, 0.6) is 11.8 Å². The highest BCUT2D eigenvalue weighted by Gasteiger charge is 2.06. The standard InChI is InChI=1S/C13H16N2O2/c1-10(2)14-8-11-9-16-13(15-11)17-12-6-4-3-5-7-12/h3-7,9-10,14H,8H2,1-2H3. The first kappa shape index (κ1) is 11.7. The van der Waals surface area contributed by atoms with Crippen LogP contribution in [0.3, 0.4) is 0 Å². The molecule has 90 valence electrons. The maximum atomic E-state index is 5.46. The summed E-state index contributed by atoms with van der Waals surface area (Å²) in [4.78, 5) is 4.23. The van der Waals surface area contributed by atoms with Gasteiger partial charge >= 0.3 is 6.08 Å². The number of benzene rings is 1. The van der Waals surface area contributed by atoms with Crippen molar-refractivity contribution in [3.05, 3.63) is 42.3 Å². The molecule has 0 amide bonds. The highest BCUT2D eigenvalue weighted by atomic mass is 16.6. The van der Waals surface area contributed by atoms with Gasteiger partial charge in [-0.3, -0.25) is 0 Å². The highest BCUT2D eigenvalue weighted by molar-refractivity contribution is 5.23. The van der Waals surface area contributed by atoms with E-state index in [1.54, 1.807) is 6.26 Å². The first-order chi connectivity index (χ1) is 8.24. The number of aromatic nitrogens is 1. The lowest BCUT2D eigenvalue weighted by molar-refractivity contribution is 0.330. The third-order valence-corrected chi connectivity index (χ3v) is 2.17. The molecule has 0 bridgehead atoms. The van der Waals surface area contributed by atoms with Crippen molar-refractivity contribution < 1.29 is 9.15 Å². The monoisotopic (exact) mass is 232 g/mol. The lowest BCUT2D eigenvalue weighted by atomic mass is 10.3. The molecule has 0 saturated carbocycles. The molecular formula is C13H16N2O2. The van der Waals surface area contributed by atoms with Crippen molar-refractivity contribution in [1.29, 1.82) is 0 Å². The van der Waals surface area contributed by atoms with E-state index in [2.05, 4.69) is 24.1 Å². The third kappa shape index (κ3) is 3.60. The molecule has 0 atom stereocenters. The lowest BCUT2D eigenvalue weighted by Crippen LogP contribution is -2.21. The summed E-state index contributed by atoms with van der Waals surface area (Å²) in [5.74, 6) is 0.720. The largest absolute Gasteiger partial charge is 0.417 e. The molecule has 0 unspecified atom stereocenters. The Morgan fingerprint density at radius 2 is 2.06 bits per heavy atom. The molecule has 0 spiro atoms. The average Bonchev–Trinajstić information content (AvgIpc) is 2.75. The van der Waals surface area contributed by atoms with Gasteiger partial charge in [-0.15, -0.1) is 0 Å². The number of nitrogens with zero attached hydrogens (tertiary/aromatic N) is 1. The maximum absolute atomic E-state index is 5.46. The van der Waals surface area contributed by atoms with E-state index >= 15 is 0 Å². The minimum absolute atomic E-state index is 0.275. The maximum Gasteiger partial charge on any atom is 0.399 e. The Hall–Kier alpha value is -1.81. The summed E-state index contributed by atoms with van der Waals surface area (Å²) in [6, 6.07) is 9.87. The zero-order chi connectivity index (χ0) is 12.1. The molecule has 0 saturated heterocycles. The second-order valence-electron chi connectivity index (χ2n) is 4.06. The Morgan fingerprint density at radius 1 is 1.29 bits per heavy atom. The third-order valence-electron chi connectivity index (χ3n) is 2.17. The first-order valence-corrected chi connectivity index (χ1v) is 5.65. The van der Waals surface area contributed by atoms with Gasteiger partial charge < -0.3 is 14.5 Å². The molecule has 0 fully saturated rings. The molecule has 0 aliphatic carbocycles. The fraction of sp³-hybridized carbons (Fsp3) is 0.308. The van der Waals surface area contributed by atoms with Gasteiger partial charge in [-0.25, -0.2) is 0 Å². The van der Waals surface area contributed by atoms with Crippen LogP contribution in [-0.4, -0.2) is 11.0 Å². The summed E-state index contributed by atoms with van der Waals surface area (Å²) in [7, 11) is 0. The van der Waals surface area contributed by atoms with Crippen LogP contribution in [0.4, 0.5) is 0 Å². The van der Waals surface area contributed by atoms with E-state index in [0.29, 0.717) is 12.6 Å². The molecule has 2 rings (SSSR count). The minimum Gasteiger partial charge on any atom is -0.417 e. The SMILES string of the molecule is CC(C)NCc1coc(Oc2ccccc2)n1. The second kappa shape index (κ2) is 5.50. The fourth-order valence-electron chi connectivity index (χ4n) is 1.31. The van der Waals surface area contributed by atoms with Crippen molar-refractivity contribution >= 4 is 0 Å². The zero-order valence-corrected chi connectivity index (χ0v) is 10.0. The van der Waals surface area contributed by atoms with E-state index < -0.39 is 0 Å². The zero-order valence-electron chi connectivity index (χ0n) is 10.0. The van der Waals surface area contributed by atoms with E-state index in [9.17, 15) is 0 Å². The normalized spacial score (nSPS) is 10.8. The molecule has 17 heavy (non-hydrogen) atoms. The van der Waals surface area contributed by atoms with Crippen molar-refractivity contribution in [2.24, 2.45) is 0 Å². The number of rotatable bonds is 5. The predicted octanol–water partition coefficient (Wildman–Crippen LogP) is 2.96. The Bertz CT molecular complexity index is 451. The van der Waals surface area contributed by atoms with Gasteiger partial charge in [0.1, 0.15) is 12.0 Å². The van der Waals surface area contributed by atoms with E-state index in [0.717, 1.165) is 11.4 Å². The second-order valence-corrected chi connectivity index (χ2v) is 4.06. The average molecular weight is 232 g/mol. The van der Waals surface area contributed by atoms with E-state index in [4.69, 9.17) is 9.15 Å². The van der Waals surface area contributed by atoms with Crippen LogP contribution >= 0.6 is 0 Å². The van der Waals surface area contributed by atoms with Crippen molar-refractivity contribution in [2.45, 2.75) is 26.4 Å². The Balaban J connectivity index is 1.94. The molecular weight excluding hydrogens is 216 g/mol. The van der Waals surface area contributed by atoms with Gasteiger partial charge in [0.15, 0.2) is 0 Å². The van der Waals surface area contributed by atoms with Crippen molar-refractivity contribution in [3.63, 3.8) is 0 Å². The quantitative estimate of drug-likeness (QED) is 0.861. The van der Waals surface area contributed by atoms with Crippen molar-refractivity contribution in [1.82, 2.24) is 10.3 Å². The highest BCUT2D eigenvalue weighted by Crippen LogP contribution is 2.19. The van der Waals surface area contributed by atoms with E-state index in [1.165, 1.54) is 0 Å².